The Kier molecular flexibility index (Phi) is 5.75. The van der Waals surface area contributed by atoms with Gasteiger partial charge < -0.3 is 14.5 Å². The normalized spacial score (nSPS) is 17.9. The molecular formula is C20H26ClN7. The van der Waals surface area contributed by atoms with Crippen molar-refractivity contribution in [2.45, 2.75) is 38.4 Å². The molecule has 1 aromatic carbocycles. The Morgan fingerprint density at radius 1 is 1.04 bits per heavy atom. The highest BCUT2D eigenvalue weighted by molar-refractivity contribution is 5.85. The Morgan fingerprint density at radius 3 is 2.68 bits per heavy atom. The lowest BCUT2D eigenvalue weighted by molar-refractivity contribution is 0.194. The van der Waals surface area contributed by atoms with E-state index in [-0.39, 0.29) is 12.4 Å². The summed E-state index contributed by atoms with van der Waals surface area (Å²) in [6.07, 6.45) is 6.22. The van der Waals surface area contributed by atoms with Crippen molar-refractivity contribution >= 4 is 12.4 Å². The molecule has 0 unspecified atom stereocenters. The number of aromatic nitrogens is 5. The van der Waals surface area contributed by atoms with E-state index in [0.29, 0.717) is 5.92 Å². The maximum Gasteiger partial charge on any atom is 0.147 e. The van der Waals surface area contributed by atoms with Crippen LogP contribution in [0.2, 0.25) is 0 Å². The SMILES string of the molecule is Cl.c1ccc(-n2ccnc2CN2CCC(c3nnc4n3CCNC4)CC2)cc1. The van der Waals surface area contributed by atoms with Crippen molar-refractivity contribution in [2.75, 3.05) is 19.6 Å². The first-order chi connectivity index (χ1) is 13.4. The van der Waals surface area contributed by atoms with E-state index in [9.17, 15) is 0 Å². The van der Waals surface area contributed by atoms with Crippen LogP contribution in [0.15, 0.2) is 42.7 Å². The molecule has 2 aromatic heterocycles. The molecule has 3 aromatic rings. The first-order valence-corrected chi connectivity index (χ1v) is 9.81. The fourth-order valence-corrected chi connectivity index (χ4v) is 4.24. The Morgan fingerprint density at radius 2 is 1.86 bits per heavy atom. The van der Waals surface area contributed by atoms with Crippen LogP contribution in [0, 0.1) is 0 Å². The number of hydrogen-bond acceptors (Lipinski definition) is 5. The summed E-state index contributed by atoms with van der Waals surface area (Å²) < 4.78 is 4.52. The van der Waals surface area contributed by atoms with Crippen LogP contribution in [0.1, 0.15) is 36.2 Å². The Hall–Kier alpha value is -2.22. The number of hydrogen-bond donors (Lipinski definition) is 1. The second-order valence-electron chi connectivity index (χ2n) is 7.40. The van der Waals surface area contributed by atoms with Gasteiger partial charge >= 0.3 is 0 Å². The number of benzene rings is 1. The van der Waals surface area contributed by atoms with E-state index in [1.165, 1.54) is 11.5 Å². The van der Waals surface area contributed by atoms with Gasteiger partial charge in [0.2, 0.25) is 0 Å². The van der Waals surface area contributed by atoms with Crippen molar-refractivity contribution < 1.29 is 0 Å². The summed E-state index contributed by atoms with van der Waals surface area (Å²) in [7, 11) is 0. The van der Waals surface area contributed by atoms with E-state index in [4.69, 9.17) is 0 Å². The summed E-state index contributed by atoms with van der Waals surface area (Å²) in [5, 5.41) is 12.3. The maximum atomic E-state index is 4.60. The van der Waals surface area contributed by atoms with Gasteiger partial charge in [0, 0.05) is 37.1 Å². The minimum atomic E-state index is 0. The topological polar surface area (TPSA) is 63.8 Å². The molecule has 0 spiro atoms. The zero-order valence-corrected chi connectivity index (χ0v) is 16.7. The fraction of sp³-hybridized carbons (Fsp3) is 0.450. The van der Waals surface area contributed by atoms with Crippen LogP contribution in [-0.4, -0.2) is 48.8 Å². The van der Waals surface area contributed by atoms with Crippen LogP contribution in [0.3, 0.4) is 0 Å². The number of para-hydroxylation sites is 1. The monoisotopic (exact) mass is 399 g/mol. The molecule has 28 heavy (non-hydrogen) atoms. The predicted octanol–water partition coefficient (Wildman–Crippen LogP) is 2.37. The number of likely N-dealkylation sites (tertiary alicyclic amines) is 1. The van der Waals surface area contributed by atoms with E-state index in [1.54, 1.807) is 0 Å². The number of halogens is 1. The van der Waals surface area contributed by atoms with Crippen molar-refractivity contribution in [2.24, 2.45) is 0 Å². The lowest BCUT2D eigenvalue weighted by Crippen LogP contribution is -2.35. The molecule has 0 amide bonds. The molecule has 0 saturated carbocycles. The Balaban J connectivity index is 0.00000192. The van der Waals surface area contributed by atoms with E-state index < -0.39 is 0 Å². The molecule has 2 aliphatic heterocycles. The molecule has 1 saturated heterocycles. The van der Waals surface area contributed by atoms with Crippen LogP contribution in [0.5, 0.6) is 0 Å². The summed E-state index contributed by atoms with van der Waals surface area (Å²) in [5.41, 5.74) is 1.17. The lowest BCUT2D eigenvalue weighted by Gasteiger charge is -2.31. The van der Waals surface area contributed by atoms with Crippen LogP contribution < -0.4 is 5.32 Å². The fourth-order valence-electron chi connectivity index (χ4n) is 4.24. The summed E-state index contributed by atoms with van der Waals surface area (Å²) in [6, 6.07) is 10.4. The highest BCUT2D eigenvalue weighted by atomic mass is 35.5. The molecule has 0 aliphatic carbocycles. The van der Waals surface area contributed by atoms with Crippen LogP contribution in [0.25, 0.3) is 5.69 Å². The molecule has 148 valence electrons. The van der Waals surface area contributed by atoms with Gasteiger partial charge in [-0.1, -0.05) is 18.2 Å². The van der Waals surface area contributed by atoms with Crippen molar-refractivity contribution in [1.82, 2.24) is 34.5 Å². The molecule has 1 fully saturated rings. The van der Waals surface area contributed by atoms with Gasteiger partial charge in [0.15, 0.2) is 0 Å². The molecule has 8 heteroatoms. The van der Waals surface area contributed by atoms with Gasteiger partial charge in [-0.05, 0) is 38.1 Å². The van der Waals surface area contributed by atoms with Gasteiger partial charge in [-0.2, -0.15) is 0 Å². The molecule has 0 bridgehead atoms. The van der Waals surface area contributed by atoms with Gasteiger partial charge in [0.1, 0.15) is 17.5 Å². The number of fused-ring (bicyclic) bond motifs is 1. The standard InChI is InChI=1S/C20H25N7.ClH/c1-2-4-17(5-3-1)26-13-9-22-19(26)15-25-10-6-16(7-11-25)20-24-23-18-14-21-8-12-27(18)20;/h1-5,9,13,16,21H,6-8,10-12,14-15H2;1H. The summed E-state index contributed by atoms with van der Waals surface area (Å²) in [5.74, 6) is 3.90. The average Bonchev–Trinajstić information content (AvgIpc) is 3.36. The molecular weight excluding hydrogens is 374 g/mol. The van der Waals surface area contributed by atoms with Crippen molar-refractivity contribution in [3.05, 3.63) is 60.2 Å². The molecule has 4 heterocycles. The molecule has 0 radical (unpaired) electrons. The highest BCUT2D eigenvalue weighted by Crippen LogP contribution is 2.28. The second kappa shape index (κ2) is 8.43. The first kappa shape index (κ1) is 19.1. The maximum absolute atomic E-state index is 4.60. The number of rotatable bonds is 4. The summed E-state index contributed by atoms with van der Waals surface area (Å²) in [4.78, 5) is 7.11. The molecule has 5 rings (SSSR count). The van der Waals surface area contributed by atoms with Gasteiger partial charge in [0.05, 0.1) is 13.1 Å². The van der Waals surface area contributed by atoms with Crippen molar-refractivity contribution in [1.29, 1.82) is 0 Å². The van der Waals surface area contributed by atoms with Gasteiger partial charge in [-0.25, -0.2) is 4.98 Å². The largest absolute Gasteiger partial charge is 0.312 e. The zero-order valence-electron chi connectivity index (χ0n) is 15.9. The average molecular weight is 400 g/mol. The number of nitrogens with one attached hydrogen (secondary N) is 1. The second-order valence-corrected chi connectivity index (χ2v) is 7.40. The minimum absolute atomic E-state index is 0. The van der Waals surface area contributed by atoms with E-state index in [2.05, 4.69) is 58.8 Å². The zero-order chi connectivity index (χ0) is 18.1. The third-order valence-electron chi connectivity index (χ3n) is 5.72. The highest BCUT2D eigenvalue weighted by Gasteiger charge is 2.27. The van der Waals surface area contributed by atoms with Crippen LogP contribution in [0.4, 0.5) is 0 Å². The first-order valence-electron chi connectivity index (χ1n) is 9.81. The molecule has 1 N–H and O–H groups in total. The Labute approximate surface area is 171 Å². The number of piperidine rings is 1. The predicted molar refractivity (Wildman–Crippen MR) is 110 cm³/mol. The molecule has 0 atom stereocenters. The quantitative estimate of drug-likeness (QED) is 0.729. The van der Waals surface area contributed by atoms with Gasteiger partial charge in [0.25, 0.3) is 0 Å². The molecule has 7 nitrogen and oxygen atoms in total. The van der Waals surface area contributed by atoms with Gasteiger partial charge in [-0.15, -0.1) is 22.6 Å². The van der Waals surface area contributed by atoms with E-state index in [1.807, 2.05) is 18.5 Å². The Bertz CT molecular complexity index is 896. The van der Waals surface area contributed by atoms with Crippen molar-refractivity contribution in [3.8, 4) is 5.69 Å². The molecule has 2 aliphatic rings. The van der Waals surface area contributed by atoms with E-state index in [0.717, 1.165) is 63.8 Å². The number of imidazole rings is 1. The third kappa shape index (κ3) is 3.70. The lowest BCUT2D eigenvalue weighted by atomic mass is 9.95. The smallest absolute Gasteiger partial charge is 0.147 e. The summed E-state index contributed by atoms with van der Waals surface area (Å²) >= 11 is 0. The van der Waals surface area contributed by atoms with Crippen LogP contribution >= 0.6 is 12.4 Å². The van der Waals surface area contributed by atoms with Crippen LogP contribution in [-0.2, 0) is 19.6 Å². The van der Waals surface area contributed by atoms with E-state index >= 15 is 0 Å². The summed E-state index contributed by atoms with van der Waals surface area (Å²) in [6.45, 7) is 5.88. The third-order valence-corrected chi connectivity index (χ3v) is 5.72. The van der Waals surface area contributed by atoms with Gasteiger partial charge in [-0.3, -0.25) is 4.90 Å². The van der Waals surface area contributed by atoms with Crippen molar-refractivity contribution in [3.63, 3.8) is 0 Å². The number of nitrogens with zero attached hydrogens (tertiary/aromatic N) is 6. The minimum Gasteiger partial charge on any atom is -0.312 e.